The molecule has 2 N–H and O–H groups in total. The predicted octanol–water partition coefficient (Wildman–Crippen LogP) is 0.815. The Morgan fingerprint density at radius 3 is 2.85 bits per heavy atom. The second-order valence-electron chi connectivity index (χ2n) is 5.22. The van der Waals surface area contributed by atoms with Crippen molar-refractivity contribution in [1.29, 1.82) is 0 Å². The summed E-state index contributed by atoms with van der Waals surface area (Å²) in [5, 5.41) is 11.8. The van der Waals surface area contributed by atoms with Crippen molar-refractivity contribution in [2.45, 2.75) is 32.4 Å². The Morgan fingerprint density at radius 2 is 2.30 bits per heavy atom. The Bertz CT molecular complexity index is 500. The van der Waals surface area contributed by atoms with Crippen molar-refractivity contribution in [2.75, 3.05) is 6.54 Å². The number of piperidine rings is 1. The number of amides is 2. The monoisotopic (exact) mass is 280 g/mol. The number of aromatic nitrogens is 2. The third kappa shape index (κ3) is 3.09. The van der Waals surface area contributed by atoms with E-state index in [1.54, 1.807) is 11.1 Å². The molecule has 1 fully saturated rings. The molecule has 7 heteroatoms. The van der Waals surface area contributed by atoms with Crippen molar-refractivity contribution in [3.05, 3.63) is 18.2 Å². The maximum Gasteiger partial charge on any atom is 0.318 e. The highest BCUT2D eigenvalue weighted by Crippen LogP contribution is 2.22. The van der Waals surface area contributed by atoms with Crippen LogP contribution in [0.3, 0.4) is 0 Å². The second kappa shape index (κ2) is 5.94. The van der Waals surface area contributed by atoms with Crippen LogP contribution in [0.4, 0.5) is 4.79 Å². The molecule has 1 aromatic rings. The molecule has 1 aromatic heterocycles. The van der Waals surface area contributed by atoms with Gasteiger partial charge >= 0.3 is 12.0 Å². The summed E-state index contributed by atoms with van der Waals surface area (Å²) in [4.78, 5) is 28.9. The van der Waals surface area contributed by atoms with Crippen LogP contribution in [-0.4, -0.2) is 44.1 Å². The molecule has 7 nitrogen and oxygen atoms in total. The molecule has 2 rings (SSSR count). The van der Waals surface area contributed by atoms with Crippen molar-refractivity contribution in [1.82, 2.24) is 19.8 Å². The highest BCUT2D eigenvalue weighted by molar-refractivity contribution is 5.75. The van der Waals surface area contributed by atoms with Crippen LogP contribution in [0.25, 0.3) is 0 Å². The van der Waals surface area contributed by atoms with Crippen LogP contribution in [0.1, 0.15) is 25.6 Å². The van der Waals surface area contributed by atoms with Gasteiger partial charge < -0.3 is 19.9 Å². The fourth-order valence-electron chi connectivity index (χ4n) is 2.52. The number of imidazole rings is 1. The zero-order chi connectivity index (χ0) is 14.7. The number of hydrogen-bond donors (Lipinski definition) is 2. The van der Waals surface area contributed by atoms with Gasteiger partial charge in [-0.1, -0.05) is 0 Å². The first-order chi connectivity index (χ1) is 9.49. The fourth-order valence-corrected chi connectivity index (χ4v) is 2.52. The minimum absolute atomic E-state index is 0.0637. The van der Waals surface area contributed by atoms with Gasteiger partial charge in [-0.3, -0.25) is 4.79 Å². The lowest BCUT2D eigenvalue weighted by Gasteiger charge is -2.36. The van der Waals surface area contributed by atoms with Crippen molar-refractivity contribution in [3.63, 3.8) is 0 Å². The van der Waals surface area contributed by atoms with Crippen LogP contribution in [0.15, 0.2) is 12.4 Å². The molecule has 1 saturated heterocycles. The molecule has 1 aliphatic rings. The van der Waals surface area contributed by atoms with Crippen molar-refractivity contribution in [2.24, 2.45) is 13.0 Å². The lowest BCUT2D eigenvalue weighted by molar-refractivity contribution is -0.143. The maximum atomic E-state index is 12.1. The smallest absolute Gasteiger partial charge is 0.318 e. The number of carbonyl (C=O) groups is 2. The Hall–Kier alpha value is -2.05. The van der Waals surface area contributed by atoms with E-state index < -0.39 is 5.97 Å². The van der Waals surface area contributed by atoms with Gasteiger partial charge in [-0.25, -0.2) is 9.78 Å². The lowest BCUT2D eigenvalue weighted by atomic mass is 9.92. The maximum absolute atomic E-state index is 12.1. The van der Waals surface area contributed by atoms with Gasteiger partial charge in [-0.15, -0.1) is 0 Å². The quantitative estimate of drug-likeness (QED) is 0.858. The van der Waals surface area contributed by atoms with Gasteiger partial charge in [0.1, 0.15) is 5.82 Å². The second-order valence-corrected chi connectivity index (χ2v) is 5.22. The molecule has 2 heterocycles. The molecule has 110 valence electrons. The summed E-state index contributed by atoms with van der Waals surface area (Å²) in [7, 11) is 1.87. The van der Waals surface area contributed by atoms with Gasteiger partial charge in [0.15, 0.2) is 0 Å². The molecule has 0 spiro atoms. The van der Waals surface area contributed by atoms with E-state index >= 15 is 0 Å². The van der Waals surface area contributed by atoms with Crippen LogP contribution < -0.4 is 5.32 Å². The molecule has 20 heavy (non-hydrogen) atoms. The number of carbonyl (C=O) groups excluding carboxylic acids is 1. The number of carboxylic acids is 1. The fraction of sp³-hybridized carbons (Fsp3) is 0.615. The van der Waals surface area contributed by atoms with Crippen LogP contribution in [0.5, 0.6) is 0 Å². The third-order valence-corrected chi connectivity index (χ3v) is 3.80. The summed E-state index contributed by atoms with van der Waals surface area (Å²) < 4.78 is 1.85. The molecule has 0 aromatic carbocycles. The van der Waals surface area contributed by atoms with E-state index in [0.29, 0.717) is 25.9 Å². The van der Waals surface area contributed by atoms with Crippen LogP contribution in [0, 0.1) is 5.92 Å². The predicted molar refractivity (Wildman–Crippen MR) is 72.0 cm³/mol. The first kappa shape index (κ1) is 14.4. The highest BCUT2D eigenvalue weighted by atomic mass is 16.4. The number of nitrogens with zero attached hydrogens (tertiary/aromatic N) is 3. The number of hydrogen-bond acceptors (Lipinski definition) is 3. The number of urea groups is 1. The van der Waals surface area contributed by atoms with E-state index in [-0.39, 0.29) is 18.0 Å². The first-order valence-electron chi connectivity index (χ1n) is 6.72. The van der Waals surface area contributed by atoms with Crippen LogP contribution in [-0.2, 0) is 18.4 Å². The van der Waals surface area contributed by atoms with E-state index in [2.05, 4.69) is 10.3 Å². The minimum Gasteiger partial charge on any atom is -0.481 e. The number of carboxylic acid groups (broad SMARTS) is 1. The summed E-state index contributed by atoms with van der Waals surface area (Å²) in [6.07, 6.45) is 4.52. The topological polar surface area (TPSA) is 87.5 Å². The Kier molecular flexibility index (Phi) is 4.26. The van der Waals surface area contributed by atoms with E-state index in [4.69, 9.17) is 5.11 Å². The van der Waals surface area contributed by atoms with E-state index in [0.717, 1.165) is 5.82 Å². The molecule has 0 bridgehead atoms. The number of aliphatic carboxylic acids is 1. The highest BCUT2D eigenvalue weighted by Gasteiger charge is 2.32. The summed E-state index contributed by atoms with van der Waals surface area (Å²) in [6.45, 7) is 2.73. The first-order valence-corrected chi connectivity index (χ1v) is 6.72. The lowest BCUT2D eigenvalue weighted by Crippen LogP contribution is -2.50. The summed E-state index contributed by atoms with van der Waals surface area (Å²) in [5.41, 5.74) is 0. The third-order valence-electron chi connectivity index (χ3n) is 3.80. The number of likely N-dealkylation sites (tertiary alicyclic amines) is 1. The number of nitrogens with one attached hydrogen (secondary N) is 1. The molecular formula is C13H20N4O3. The van der Waals surface area contributed by atoms with E-state index in [1.165, 1.54) is 0 Å². The van der Waals surface area contributed by atoms with Gasteiger partial charge in [0, 0.05) is 32.0 Å². The van der Waals surface area contributed by atoms with Gasteiger partial charge in [-0.2, -0.15) is 0 Å². The normalized spacial score (nSPS) is 22.6. The summed E-state index contributed by atoms with van der Waals surface area (Å²) >= 11 is 0. The molecule has 0 aliphatic carbocycles. The Labute approximate surface area is 117 Å². The van der Waals surface area contributed by atoms with Crippen LogP contribution in [0.2, 0.25) is 0 Å². The standard InChI is InChI=1S/C13H20N4O3/c1-9-7-10(12(18)19)3-5-17(9)13(20)15-8-11-14-4-6-16(11)2/h4,6,9-10H,3,5,7-8H2,1-2H3,(H,15,20)(H,18,19). The van der Waals surface area contributed by atoms with Crippen LogP contribution >= 0.6 is 0 Å². The van der Waals surface area contributed by atoms with E-state index in [1.807, 2.05) is 24.7 Å². The number of rotatable bonds is 3. The zero-order valence-corrected chi connectivity index (χ0v) is 11.7. The molecule has 0 radical (unpaired) electrons. The molecule has 2 amide bonds. The number of aryl methyl sites for hydroxylation is 1. The summed E-state index contributed by atoms with van der Waals surface area (Å²) in [6, 6.07) is -0.226. The van der Waals surface area contributed by atoms with E-state index in [9.17, 15) is 9.59 Å². The Morgan fingerprint density at radius 1 is 1.55 bits per heavy atom. The van der Waals surface area contributed by atoms with Gasteiger partial charge in [0.2, 0.25) is 0 Å². The minimum atomic E-state index is -0.773. The average molecular weight is 280 g/mol. The van der Waals surface area contributed by atoms with Gasteiger partial charge in [0.05, 0.1) is 12.5 Å². The zero-order valence-electron chi connectivity index (χ0n) is 11.7. The molecule has 0 saturated carbocycles. The van der Waals surface area contributed by atoms with Gasteiger partial charge in [0.25, 0.3) is 0 Å². The molecule has 2 atom stereocenters. The molecule has 1 aliphatic heterocycles. The molecule has 2 unspecified atom stereocenters. The Balaban J connectivity index is 1.87. The largest absolute Gasteiger partial charge is 0.481 e. The van der Waals surface area contributed by atoms with Crippen molar-refractivity contribution >= 4 is 12.0 Å². The SMILES string of the molecule is CC1CC(C(=O)O)CCN1C(=O)NCc1nccn1C. The average Bonchev–Trinajstić information content (AvgIpc) is 2.81. The summed E-state index contributed by atoms with van der Waals surface area (Å²) in [5.74, 6) is -0.333. The molecular weight excluding hydrogens is 260 g/mol. The van der Waals surface area contributed by atoms with Crippen molar-refractivity contribution in [3.8, 4) is 0 Å². The van der Waals surface area contributed by atoms with Crippen molar-refractivity contribution < 1.29 is 14.7 Å². The van der Waals surface area contributed by atoms with Gasteiger partial charge in [-0.05, 0) is 19.8 Å².